The van der Waals surface area contributed by atoms with E-state index in [0.717, 1.165) is 11.4 Å². The number of aryl methyl sites for hydroxylation is 1. The summed E-state index contributed by atoms with van der Waals surface area (Å²) in [6.45, 7) is 4.33. The Morgan fingerprint density at radius 3 is 2.37 bits per heavy atom. The smallest absolute Gasteiger partial charge is 0.337 e. The molecule has 0 fully saturated rings. The SMILES string of the molecule is CCOc1ccc(Nc2cc(Nc3ccccc3C(=O)O)nc(C)n2)cc1. The first-order valence-corrected chi connectivity index (χ1v) is 8.50. The average molecular weight is 364 g/mol. The van der Waals surface area contributed by atoms with Gasteiger partial charge in [-0.05, 0) is 50.2 Å². The highest BCUT2D eigenvalue weighted by Gasteiger charge is 2.10. The van der Waals surface area contributed by atoms with Gasteiger partial charge < -0.3 is 20.5 Å². The van der Waals surface area contributed by atoms with Gasteiger partial charge in [0.05, 0.1) is 17.9 Å². The molecule has 138 valence electrons. The molecular weight excluding hydrogens is 344 g/mol. The number of nitrogens with one attached hydrogen (secondary N) is 2. The lowest BCUT2D eigenvalue weighted by Crippen LogP contribution is -2.05. The third kappa shape index (κ3) is 4.72. The minimum atomic E-state index is -1.00. The molecule has 0 saturated carbocycles. The first-order valence-electron chi connectivity index (χ1n) is 8.50. The molecule has 0 saturated heterocycles. The molecule has 0 spiro atoms. The first kappa shape index (κ1) is 18.2. The van der Waals surface area contributed by atoms with Crippen LogP contribution in [0.1, 0.15) is 23.1 Å². The van der Waals surface area contributed by atoms with Gasteiger partial charge in [0.1, 0.15) is 23.2 Å². The monoisotopic (exact) mass is 364 g/mol. The van der Waals surface area contributed by atoms with Gasteiger partial charge >= 0.3 is 5.97 Å². The van der Waals surface area contributed by atoms with Crippen LogP contribution in [0, 0.1) is 6.92 Å². The summed E-state index contributed by atoms with van der Waals surface area (Å²) in [5.41, 5.74) is 1.50. The van der Waals surface area contributed by atoms with Crippen LogP contribution in [-0.4, -0.2) is 27.7 Å². The Hall–Kier alpha value is -3.61. The number of aromatic nitrogens is 2. The lowest BCUT2D eigenvalue weighted by molar-refractivity contribution is 0.0698. The summed E-state index contributed by atoms with van der Waals surface area (Å²) < 4.78 is 5.43. The number of ether oxygens (including phenoxy) is 1. The molecule has 0 bridgehead atoms. The number of benzene rings is 2. The van der Waals surface area contributed by atoms with Crippen LogP contribution in [0.5, 0.6) is 5.75 Å². The molecule has 0 aliphatic rings. The molecule has 0 aliphatic heterocycles. The number of carbonyl (C=O) groups is 1. The van der Waals surface area contributed by atoms with E-state index < -0.39 is 5.97 Å². The normalized spacial score (nSPS) is 10.3. The third-order valence-corrected chi connectivity index (χ3v) is 3.70. The summed E-state index contributed by atoms with van der Waals surface area (Å²) in [6.07, 6.45) is 0. The number of rotatable bonds is 7. The molecule has 7 heteroatoms. The van der Waals surface area contributed by atoms with Gasteiger partial charge in [-0.3, -0.25) is 0 Å². The number of para-hydroxylation sites is 1. The van der Waals surface area contributed by atoms with Crippen molar-refractivity contribution in [1.29, 1.82) is 0 Å². The van der Waals surface area contributed by atoms with Crippen molar-refractivity contribution in [3.05, 3.63) is 66.0 Å². The summed E-state index contributed by atoms with van der Waals surface area (Å²) in [5, 5.41) is 15.6. The predicted octanol–water partition coefficient (Wildman–Crippen LogP) is 4.37. The van der Waals surface area contributed by atoms with Crippen molar-refractivity contribution in [3.8, 4) is 5.75 Å². The van der Waals surface area contributed by atoms with Gasteiger partial charge in [-0.1, -0.05) is 12.1 Å². The Morgan fingerprint density at radius 2 is 1.70 bits per heavy atom. The van der Waals surface area contributed by atoms with Crippen molar-refractivity contribution < 1.29 is 14.6 Å². The number of carboxylic acid groups (broad SMARTS) is 1. The summed E-state index contributed by atoms with van der Waals surface area (Å²) in [7, 11) is 0. The van der Waals surface area contributed by atoms with E-state index in [1.165, 1.54) is 6.07 Å². The Balaban J connectivity index is 1.81. The largest absolute Gasteiger partial charge is 0.494 e. The van der Waals surface area contributed by atoms with Gasteiger partial charge in [0, 0.05) is 11.8 Å². The van der Waals surface area contributed by atoms with E-state index in [9.17, 15) is 9.90 Å². The van der Waals surface area contributed by atoms with Crippen LogP contribution in [0.25, 0.3) is 0 Å². The third-order valence-electron chi connectivity index (χ3n) is 3.70. The van der Waals surface area contributed by atoms with Crippen LogP contribution in [0.2, 0.25) is 0 Å². The predicted molar refractivity (Wildman–Crippen MR) is 104 cm³/mol. The fourth-order valence-electron chi connectivity index (χ4n) is 2.56. The van der Waals surface area contributed by atoms with Gasteiger partial charge in [0.15, 0.2) is 0 Å². The zero-order chi connectivity index (χ0) is 19.2. The zero-order valence-electron chi connectivity index (χ0n) is 15.1. The maximum absolute atomic E-state index is 11.4. The fraction of sp³-hybridized carbons (Fsp3) is 0.150. The van der Waals surface area contributed by atoms with Gasteiger partial charge in [0.25, 0.3) is 0 Å². The molecule has 3 rings (SSSR count). The molecule has 1 heterocycles. The lowest BCUT2D eigenvalue weighted by atomic mass is 10.2. The molecule has 1 aromatic heterocycles. The van der Waals surface area contributed by atoms with E-state index in [4.69, 9.17) is 4.74 Å². The number of aromatic carboxylic acids is 1. The molecule has 0 atom stereocenters. The Labute approximate surface area is 157 Å². The lowest BCUT2D eigenvalue weighted by Gasteiger charge is -2.12. The number of hydrogen-bond acceptors (Lipinski definition) is 6. The second kappa shape index (κ2) is 8.18. The molecule has 0 unspecified atom stereocenters. The highest BCUT2D eigenvalue weighted by molar-refractivity contribution is 5.95. The van der Waals surface area contributed by atoms with E-state index in [0.29, 0.717) is 29.8 Å². The Kier molecular flexibility index (Phi) is 5.51. The Morgan fingerprint density at radius 1 is 1.04 bits per heavy atom. The quantitative estimate of drug-likeness (QED) is 0.573. The van der Waals surface area contributed by atoms with E-state index >= 15 is 0 Å². The second-order valence-electron chi connectivity index (χ2n) is 5.74. The first-order chi connectivity index (χ1) is 13.0. The number of hydrogen-bond donors (Lipinski definition) is 3. The van der Waals surface area contributed by atoms with Crippen molar-refractivity contribution in [3.63, 3.8) is 0 Å². The summed E-state index contributed by atoms with van der Waals surface area (Å²) in [6, 6.07) is 16.0. The molecule has 27 heavy (non-hydrogen) atoms. The maximum atomic E-state index is 11.4. The van der Waals surface area contributed by atoms with Crippen molar-refractivity contribution in [2.75, 3.05) is 17.2 Å². The molecule has 7 nitrogen and oxygen atoms in total. The highest BCUT2D eigenvalue weighted by Crippen LogP contribution is 2.24. The van der Waals surface area contributed by atoms with Gasteiger partial charge in [-0.25, -0.2) is 14.8 Å². The van der Waals surface area contributed by atoms with Crippen LogP contribution < -0.4 is 15.4 Å². The number of anilines is 4. The molecule has 0 radical (unpaired) electrons. The zero-order valence-corrected chi connectivity index (χ0v) is 15.1. The van der Waals surface area contributed by atoms with Crippen molar-refractivity contribution in [2.24, 2.45) is 0 Å². The van der Waals surface area contributed by atoms with Crippen molar-refractivity contribution in [2.45, 2.75) is 13.8 Å². The van der Waals surface area contributed by atoms with Gasteiger partial charge in [0.2, 0.25) is 0 Å². The topological polar surface area (TPSA) is 96.4 Å². The van der Waals surface area contributed by atoms with E-state index in [2.05, 4.69) is 20.6 Å². The van der Waals surface area contributed by atoms with E-state index in [-0.39, 0.29) is 5.56 Å². The van der Waals surface area contributed by atoms with E-state index in [1.807, 2.05) is 31.2 Å². The van der Waals surface area contributed by atoms with Crippen LogP contribution in [0.15, 0.2) is 54.6 Å². The van der Waals surface area contributed by atoms with Crippen molar-refractivity contribution >= 4 is 29.0 Å². The number of carboxylic acids is 1. The molecule has 3 aromatic rings. The van der Waals surface area contributed by atoms with Crippen LogP contribution in [-0.2, 0) is 0 Å². The molecule has 2 aromatic carbocycles. The van der Waals surface area contributed by atoms with Crippen LogP contribution in [0.4, 0.5) is 23.0 Å². The molecule has 0 aliphatic carbocycles. The number of nitrogens with zero attached hydrogens (tertiary/aromatic N) is 2. The Bertz CT molecular complexity index is 942. The van der Waals surface area contributed by atoms with Gasteiger partial charge in [-0.2, -0.15) is 0 Å². The average Bonchev–Trinajstić information content (AvgIpc) is 2.63. The summed E-state index contributed by atoms with van der Waals surface area (Å²) >= 11 is 0. The standard InChI is InChI=1S/C20H20N4O3/c1-3-27-15-10-8-14(9-11-15)23-18-12-19(22-13(2)21-18)24-17-7-5-4-6-16(17)20(25)26/h4-12H,3H2,1-2H3,(H,25,26)(H2,21,22,23,24). The maximum Gasteiger partial charge on any atom is 0.337 e. The minimum absolute atomic E-state index is 0.176. The highest BCUT2D eigenvalue weighted by atomic mass is 16.5. The van der Waals surface area contributed by atoms with E-state index in [1.54, 1.807) is 31.2 Å². The van der Waals surface area contributed by atoms with Crippen LogP contribution in [0.3, 0.4) is 0 Å². The summed E-state index contributed by atoms with van der Waals surface area (Å²) in [5.74, 6) is 1.46. The minimum Gasteiger partial charge on any atom is -0.494 e. The molecule has 0 amide bonds. The second-order valence-corrected chi connectivity index (χ2v) is 5.74. The van der Waals surface area contributed by atoms with Gasteiger partial charge in [-0.15, -0.1) is 0 Å². The molecular formula is C20H20N4O3. The molecule has 3 N–H and O–H groups in total. The van der Waals surface area contributed by atoms with Crippen LogP contribution >= 0.6 is 0 Å². The van der Waals surface area contributed by atoms with Crippen molar-refractivity contribution in [1.82, 2.24) is 9.97 Å². The fourth-order valence-corrected chi connectivity index (χ4v) is 2.56. The summed E-state index contributed by atoms with van der Waals surface area (Å²) in [4.78, 5) is 20.1.